The van der Waals surface area contributed by atoms with Crippen LogP contribution >= 0.6 is 0 Å². The molecule has 15 heavy (non-hydrogen) atoms. The van der Waals surface area contributed by atoms with Crippen LogP contribution < -0.4 is 0 Å². The minimum atomic E-state index is 0.932. The number of hydrogen-bond acceptors (Lipinski definition) is 0. The second-order valence-electron chi connectivity index (χ2n) is 4.87. The summed E-state index contributed by atoms with van der Waals surface area (Å²) in [6.45, 7) is 2.28. The van der Waals surface area contributed by atoms with Crippen molar-refractivity contribution in [3.05, 3.63) is 0 Å². The number of rotatable bonds is 8. The summed E-state index contributed by atoms with van der Waals surface area (Å²) in [6, 6.07) is 0. The lowest BCUT2D eigenvalue weighted by atomic mass is 9.90. The molecule has 1 atom stereocenters. The Morgan fingerprint density at radius 2 is 1.67 bits per heavy atom. The van der Waals surface area contributed by atoms with Crippen LogP contribution in [-0.4, -0.2) is 0 Å². The van der Waals surface area contributed by atoms with Crippen LogP contribution in [0.4, 0.5) is 0 Å². The molecule has 0 saturated heterocycles. The normalized spacial score (nSPS) is 19.7. The van der Waals surface area contributed by atoms with E-state index in [4.69, 9.17) is 0 Å². The highest BCUT2D eigenvalue weighted by Gasteiger charge is 2.08. The predicted octanol–water partition coefficient (Wildman–Crippen LogP) is 4.93. The second kappa shape index (κ2) is 8.84. The molecule has 86 valence electrons. The Balaban J connectivity index is 1.83. The summed E-state index contributed by atoms with van der Waals surface area (Å²) < 4.78 is 0. The van der Waals surface area contributed by atoms with Crippen molar-refractivity contribution in [1.29, 1.82) is 0 Å². The van der Waals surface area contributed by atoms with Crippen molar-refractivity contribution < 1.29 is 0 Å². The van der Waals surface area contributed by atoms with Crippen LogP contribution in [-0.2, 0) is 0 Å². The van der Waals surface area contributed by atoms with E-state index in [1.54, 1.807) is 0 Å². The zero-order valence-electron chi connectivity index (χ0n) is 10.4. The van der Waals surface area contributed by atoms with Gasteiger partial charge < -0.3 is 0 Å². The minimum Gasteiger partial charge on any atom is -0.103 e. The van der Waals surface area contributed by atoms with Crippen molar-refractivity contribution in [2.45, 2.75) is 77.6 Å². The van der Waals surface area contributed by atoms with E-state index in [-0.39, 0.29) is 0 Å². The molecule has 0 amide bonds. The van der Waals surface area contributed by atoms with Crippen LogP contribution in [0.1, 0.15) is 77.6 Å². The summed E-state index contributed by atoms with van der Waals surface area (Å²) >= 11 is 0. The molecule has 0 spiro atoms. The molecule has 1 rings (SSSR count). The van der Waals surface area contributed by atoms with Gasteiger partial charge in [0, 0.05) is 12.8 Å². The van der Waals surface area contributed by atoms with Crippen molar-refractivity contribution in [2.75, 3.05) is 0 Å². The van der Waals surface area contributed by atoms with Gasteiger partial charge in [0.05, 0.1) is 0 Å². The summed E-state index contributed by atoms with van der Waals surface area (Å²) in [4.78, 5) is 0. The molecule has 0 saturated carbocycles. The van der Waals surface area contributed by atoms with Crippen LogP contribution in [0.3, 0.4) is 0 Å². The first-order valence-corrected chi connectivity index (χ1v) is 6.89. The van der Waals surface area contributed by atoms with E-state index in [0.717, 1.165) is 12.3 Å². The van der Waals surface area contributed by atoms with E-state index < -0.39 is 0 Å². The molecule has 0 aromatic carbocycles. The van der Waals surface area contributed by atoms with Gasteiger partial charge >= 0.3 is 0 Å². The average molecular weight is 206 g/mol. The van der Waals surface area contributed by atoms with Crippen LogP contribution in [0, 0.1) is 17.8 Å². The third kappa shape index (κ3) is 6.61. The summed E-state index contributed by atoms with van der Waals surface area (Å²) in [5, 5.41) is 0. The minimum absolute atomic E-state index is 0.932. The summed E-state index contributed by atoms with van der Waals surface area (Å²) in [7, 11) is 0. The van der Waals surface area contributed by atoms with Crippen molar-refractivity contribution in [3.63, 3.8) is 0 Å². The molecule has 0 radical (unpaired) electrons. The van der Waals surface area contributed by atoms with Gasteiger partial charge in [-0.3, -0.25) is 0 Å². The van der Waals surface area contributed by atoms with Crippen LogP contribution in [0.2, 0.25) is 0 Å². The molecule has 1 aliphatic carbocycles. The van der Waals surface area contributed by atoms with Gasteiger partial charge in [-0.2, -0.15) is 0 Å². The molecule has 0 aromatic heterocycles. The molecule has 0 N–H and O–H groups in total. The number of unbranched alkanes of at least 4 members (excludes halogenated alkanes) is 6. The van der Waals surface area contributed by atoms with E-state index in [2.05, 4.69) is 18.8 Å². The highest BCUT2D eigenvalue weighted by molar-refractivity contribution is 5.04. The fourth-order valence-electron chi connectivity index (χ4n) is 2.32. The Morgan fingerprint density at radius 3 is 2.33 bits per heavy atom. The molecular weight excluding hydrogens is 180 g/mol. The Bertz CT molecular complexity index is 194. The Kier molecular flexibility index (Phi) is 7.44. The molecule has 0 heteroatoms. The molecule has 0 aliphatic heterocycles. The molecule has 0 nitrogen and oxygen atoms in total. The second-order valence-corrected chi connectivity index (χ2v) is 4.87. The lowest BCUT2D eigenvalue weighted by Gasteiger charge is -2.14. The molecule has 0 bridgehead atoms. The maximum Gasteiger partial charge on any atom is 0.0117 e. The smallest absolute Gasteiger partial charge is 0.0117 e. The first kappa shape index (κ1) is 12.6. The van der Waals surface area contributed by atoms with Gasteiger partial charge in [0.1, 0.15) is 0 Å². The molecular formula is C15H26. The maximum absolute atomic E-state index is 3.25. The maximum atomic E-state index is 3.25. The Labute approximate surface area is 95.8 Å². The van der Waals surface area contributed by atoms with Gasteiger partial charge in [-0.25, -0.2) is 0 Å². The highest BCUT2D eigenvalue weighted by Crippen LogP contribution is 2.21. The third-order valence-electron chi connectivity index (χ3n) is 3.41. The van der Waals surface area contributed by atoms with Gasteiger partial charge in [-0.15, -0.1) is 11.8 Å². The Hall–Kier alpha value is -0.440. The fourth-order valence-corrected chi connectivity index (χ4v) is 2.32. The van der Waals surface area contributed by atoms with Crippen molar-refractivity contribution in [1.82, 2.24) is 0 Å². The lowest BCUT2D eigenvalue weighted by Crippen LogP contribution is -2.02. The first-order valence-electron chi connectivity index (χ1n) is 6.89. The van der Waals surface area contributed by atoms with E-state index in [0.29, 0.717) is 0 Å². The van der Waals surface area contributed by atoms with E-state index >= 15 is 0 Å². The van der Waals surface area contributed by atoms with Gasteiger partial charge in [0.25, 0.3) is 0 Å². The van der Waals surface area contributed by atoms with Gasteiger partial charge in [-0.05, 0) is 18.8 Å². The quantitative estimate of drug-likeness (QED) is 0.390. The Morgan fingerprint density at radius 1 is 0.933 bits per heavy atom. The average Bonchev–Trinajstić information content (AvgIpc) is 2.29. The lowest BCUT2D eigenvalue weighted by molar-refractivity contribution is 0.429. The molecule has 1 unspecified atom stereocenters. The SMILES string of the molecule is CCCCCCCCCC1CC#CCC1. The van der Waals surface area contributed by atoms with E-state index in [9.17, 15) is 0 Å². The molecule has 0 aromatic rings. The molecule has 0 heterocycles. The first-order chi connectivity index (χ1) is 7.43. The van der Waals surface area contributed by atoms with Gasteiger partial charge in [-0.1, -0.05) is 51.9 Å². The van der Waals surface area contributed by atoms with Crippen LogP contribution in [0.5, 0.6) is 0 Å². The zero-order valence-corrected chi connectivity index (χ0v) is 10.4. The van der Waals surface area contributed by atoms with E-state index in [1.165, 1.54) is 64.2 Å². The topological polar surface area (TPSA) is 0 Å². The van der Waals surface area contributed by atoms with Crippen molar-refractivity contribution in [2.24, 2.45) is 5.92 Å². The van der Waals surface area contributed by atoms with E-state index in [1.807, 2.05) is 0 Å². The molecule has 1 aliphatic rings. The fraction of sp³-hybridized carbons (Fsp3) is 0.867. The summed E-state index contributed by atoms with van der Waals surface area (Å²) in [5.41, 5.74) is 0. The van der Waals surface area contributed by atoms with Crippen molar-refractivity contribution >= 4 is 0 Å². The van der Waals surface area contributed by atoms with Crippen molar-refractivity contribution in [3.8, 4) is 11.8 Å². The highest BCUT2D eigenvalue weighted by atomic mass is 14.1. The standard InChI is InChI=1S/C15H26/c1-2-3-4-5-6-7-9-12-15-13-10-8-11-14-15/h15H,2-7,9-10,12-14H2,1H3. The van der Waals surface area contributed by atoms with Gasteiger partial charge in [0.2, 0.25) is 0 Å². The molecule has 0 fully saturated rings. The van der Waals surface area contributed by atoms with Gasteiger partial charge in [0.15, 0.2) is 0 Å². The van der Waals surface area contributed by atoms with Crippen LogP contribution in [0.25, 0.3) is 0 Å². The largest absolute Gasteiger partial charge is 0.103 e. The number of hydrogen-bond donors (Lipinski definition) is 0. The summed E-state index contributed by atoms with van der Waals surface area (Å²) in [6.07, 6.45) is 15.2. The van der Waals surface area contributed by atoms with Crippen LogP contribution in [0.15, 0.2) is 0 Å². The monoisotopic (exact) mass is 206 g/mol. The summed E-state index contributed by atoms with van der Waals surface area (Å²) in [5.74, 6) is 7.38. The zero-order chi connectivity index (χ0) is 10.8. The predicted molar refractivity (Wildman–Crippen MR) is 67.7 cm³/mol. The third-order valence-corrected chi connectivity index (χ3v) is 3.41.